The highest BCUT2D eigenvalue weighted by atomic mass is 79.9. The molecule has 0 amide bonds. The molecule has 1 aromatic rings. The number of nitrogens with two attached hydrogens (primary N) is 1. The zero-order chi connectivity index (χ0) is 14.7. The van der Waals surface area contributed by atoms with Crippen molar-refractivity contribution in [3.05, 3.63) is 28.7 Å². The molecule has 0 aliphatic rings. The lowest BCUT2D eigenvalue weighted by Crippen LogP contribution is -2.54. The second-order valence-electron chi connectivity index (χ2n) is 4.21. The summed E-state index contributed by atoms with van der Waals surface area (Å²) < 4.78 is 27.5. The van der Waals surface area contributed by atoms with Crippen LogP contribution in [0.3, 0.4) is 0 Å². The van der Waals surface area contributed by atoms with Crippen molar-refractivity contribution in [3.8, 4) is 0 Å². The molecule has 1 unspecified atom stereocenters. The Hall–Kier alpha value is -1.12. The molecule has 0 bridgehead atoms. The van der Waals surface area contributed by atoms with Crippen LogP contribution in [-0.2, 0) is 10.0 Å². The minimum absolute atomic E-state index is 0.0976. The third-order valence-corrected chi connectivity index (χ3v) is 5.47. The maximum atomic E-state index is 12.3. The van der Waals surface area contributed by atoms with Gasteiger partial charge in [0.2, 0.25) is 10.0 Å². The molecule has 0 aromatic heterocycles. The lowest BCUT2D eigenvalue weighted by atomic mass is 10.00. The third kappa shape index (κ3) is 3.46. The number of rotatable bonds is 5. The monoisotopic (exact) mass is 349 g/mol. The molecular formula is C11H16BrN3O3S. The van der Waals surface area contributed by atoms with Gasteiger partial charge in [0, 0.05) is 4.47 Å². The number of hydrogen-bond acceptors (Lipinski definition) is 4. The van der Waals surface area contributed by atoms with E-state index in [1.807, 2.05) is 0 Å². The fourth-order valence-corrected chi connectivity index (χ4v) is 3.89. The normalized spacial score (nSPS) is 16.1. The van der Waals surface area contributed by atoms with Gasteiger partial charge in [0.05, 0.1) is 10.4 Å². The van der Waals surface area contributed by atoms with Crippen molar-refractivity contribution in [1.29, 1.82) is 0 Å². The molecule has 0 heterocycles. The molecule has 4 N–H and O–H groups in total. The van der Waals surface area contributed by atoms with Gasteiger partial charge in [-0.05, 0) is 41.4 Å². The van der Waals surface area contributed by atoms with Gasteiger partial charge in [-0.2, -0.15) is 4.72 Å². The minimum atomic E-state index is -3.78. The number of halogens is 1. The molecule has 0 saturated heterocycles. The summed E-state index contributed by atoms with van der Waals surface area (Å²) >= 11 is 3.19. The van der Waals surface area contributed by atoms with Crippen LogP contribution in [0.4, 0.5) is 0 Å². The predicted molar refractivity (Wildman–Crippen MR) is 76.6 cm³/mol. The van der Waals surface area contributed by atoms with Gasteiger partial charge < -0.3 is 10.9 Å². The summed E-state index contributed by atoms with van der Waals surface area (Å²) in [5.74, 6) is -0.189. The van der Waals surface area contributed by atoms with Crippen molar-refractivity contribution >= 4 is 31.8 Å². The Balaban J connectivity index is 3.20. The Morgan fingerprint density at radius 2 is 2.11 bits per heavy atom. The Kier molecular flexibility index (Phi) is 4.94. The molecule has 1 rings (SSSR count). The van der Waals surface area contributed by atoms with Crippen molar-refractivity contribution in [2.24, 2.45) is 10.9 Å². The van der Waals surface area contributed by atoms with Crippen molar-refractivity contribution < 1.29 is 13.6 Å². The average Bonchev–Trinajstić information content (AvgIpc) is 2.37. The van der Waals surface area contributed by atoms with Crippen LogP contribution in [0, 0.1) is 0 Å². The van der Waals surface area contributed by atoms with Gasteiger partial charge in [-0.1, -0.05) is 24.2 Å². The molecule has 6 nitrogen and oxygen atoms in total. The Morgan fingerprint density at radius 1 is 1.53 bits per heavy atom. The van der Waals surface area contributed by atoms with E-state index in [1.54, 1.807) is 32.0 Å². The summed E-state index contributed by atoms with van der Waals surface area (Å²) in [6, 6.07) is 6.42. The summed E-state index contributed by atoms with van der Waals surface area (Å²) in [5, 5.41) is 11.6. The second kappa shape index (κ2) is 5.89. The second-order valence-corrected chi connectivity index (χ2v) is 6.71. The molecule has 0 radical (unpaired) electrons. The SMILES string of the molecule is CCC(C)(NS(=O)(=O)c1ccccc1Br)/C(N)=N/O. The molecule has 0 aliphatic carbocycles. The highest BCUT2D eigenvalue weighted by molar-refractivity contribution is 9.10. The van der Waals surface area contributed by atoms with E-state index in [-0.39, 0.29) is 10.7 Å². The molecule has 1 atom stereocenters. The fraction of sp³-hybridized carbons (Fsp3) is 0.364. The summed E-state index contributed by atoms with van der Waals surface area (Å²) in [6.07, 6.45) is 0.340. The number of oxime groups is 1. The van der Waals surface area contributed by atoms with E-state index in [1.165, 1.54) is 6.07 Å². The number of nitrogens with one attached hydrogen (secondary N) is 1. The zero-order valence-corrected chi connectivity index (χ0v) is 13.0. The highest BCUT2D eigenvalue weighted by Crippen LogP contribution is 2.23. The maximum absolute atomic E-state index is 12.3. The number of hydrogen-bond donors (Lipinski definition) is 3. The van der Waals surface area contributed by atoms with Gasteiger partial charge >= 0.3 is 0 Å². The Bertz CT molecular complexity index is 589. The van der Waals surface area contributed by atoms with Crippen LogP contribution in [0.25, 0.3) is 0 Å². The van der Waals surface area contributed by atoms with E-state index in [9.17, 15) is 8.42 Å². The average molecular weight is 350 g/mol. The van der Waals surface area contributed by atoms with Crippen LogP contribution in [-0.4, -0.2) is 25.0 Å². The smallest absolute Gasteiger partial charge is 0.242 e. The van der Waals surface area contributed by atoms with Gasteiger partial charge in [0.15, 0.2) is 5.84 Å². The summed E-state index contributed by atoms with van der Waals surface area (Å²) in [6.45, 7) is 3.29. The van der Waals surface area contributed by atoms with Crippen LogP contribution in [0.15, 0.2) is 38.8 Å². The molecule has 0 spiro atoms. The van der Waals surface area contributed by atoms with Crippen molar-refractivity contribution in [2.75, 3.05) is 0 Å². The van der Waals surface area contributed by atoms with Gasteiger partial charge in [0.1, 0.15) is 0 Å². The van der Waals surface area contributed by atoms with E-state index < -0.39 is 15.6 Å². The van der Waals surface area contributed by atoms with Crippen molar-refractivity contribution in [3.63, 3.8) is 0 Å². The number of benzene rings is 1. The molecule has 19 heavy (non-hydrogen) atoms. The molecule has 1 aromatic carbocycles. The predicted octanol–water partition coefficient (Wildman–Crippen LogP) is 1.64. The molecular weight excluding hydrogens is 334 g/mol. The first-order chi connectivity index (χ1) is 8.77. The fourth-order valence-electron chi connectivity index (χ4n) is 1.43. The first-order valence-corrected chi connectivity index (χ1v) is 7.81. The quantitative estimate of drug-likeness (QED) is 0.325. The summed E-state index contributed by atoms with van der Waals surface area (Å²) in [4.78, 5) is 0.0976. The van der Waals surface area contributed by atoms with Crippen LogP contribution in [0.1, 0.15) is 20.3 Å². The van der Waals surface area contributed by atoms with E-state index in [2.05, 4.69) is 25.8 Å². The van der Waals surface area contributed by atoms with Crippen molar-refractivity contribution in [1.82, 2.24) is 4.72 Å². The standard InChI is InChI=1S/C11H16BrN3O3S/c1-3-11(2,10(13)14-16)15-19(17,18)9-7-5-4-6-8(9)12/h4-7,15-16H,3H2,1-2H3,(H2,13,14). The van der Waals surface area contributed by atoms with Crippen LogP contribution < -0.4 is 10.5 Å². The van der Waals surface area contributed by atoms with E-state index in [4.69, 9.17) is 10.9 Å². The summed E-state index contributed by atoms with van der Waals surface area (Å²) in [5.41, 5.74) is 4.40. The molecule has 106 valence electrons. The maximum Gasteiger partial charge on any atom is 0.242 e. The van der Waals surface area contributed by atoms with E-state index in [0.717, 1.165) is 0 Å². The molecule has 8 heteroatoms. The lowest BCUT2D eigenvalue weighted by Gasteiger charge is -2.27. The summed E-state index contributed by atoms with van der Waals surface area (Å²) in [7, 11) is -3.78. The number of sulfonamides is 1. The first-order valence-electron chi connectivity index (χ1n) is 5.53. The van der Waals surface area contributed by atoms with Crippen LogP contribution in [0.2, 0.25) is 0 Å². The number of nitrogens with zero attached hydrogens (tertiary/aromatic N) is 1. The Labute approximate surface area is 120 Å². The van der Waals surface area contributed by atoms with E-state index >= 15 is 0 Å². The lowest BCUT2D eigenvalue weighted by molar-refractivity contribution is 0.310. The van der Waals surface area contributed by atoms with Gasteiger partial charge in [-0.3, -0.25) is 0 Å². The van der Waals surface area contributed by atoms with Crippen molar-refractivity contribution in [2.45, 2.75) is 30.7 Å². The third-order valence-electron chi connectivity index (χ3n) is 2.87. The first kappa shape index (κ1) is 15.9. The largest absolute Gasteiger partial charge is 0.409 e. The molecule has 0 aliphatic heterocycles. The van der Waals surface area contributed by atoms with Crippen LogP contribution >= 0.6 is 15.9 Å². The van der Waals surface area contributed by atoms with Crippen LogP contribution in [0.5, 0.6) is 0 Å². The van der Waals surface area contributed by atoms with Gasteiger partial charge in [0.25, 0.3) is 0 Å². The number of amidine groups is 1. The molecule has 0 fully saturated rings. The van der Waals surface area contributed by atoms with Gasteiger partial charge in [-0.15, -0.1) is 0 Å². The van der Waals surface area contributed by atoms with Gasteiger partial charge in [-0.25, -0.2) is 8.42 Å². The zero-order valence-electron chi connectivity index (χ0n) is 10.6. The topological polar surface area (TPSA) is 105 Å². The Morgan fingerprint density at radius 3 is 2.58 bits per heavy atom. The highest BCUT2D eigenvalue weighted by Gasteiger charge is 2.34. The van der Waals surface area contributed by atoms with E-state index in [0.29, 0.717) is 10.9 Å². The minimum Gasteiger partial charge on any atom is -0.409 e. The molecule has 0 saturated carbocycles.